The van der Waals surface area contributed by atoms with Crippen LogP contribution >= 0.6 is 0 Å². The lowest BCUT2D eigenvalue weighted by Gasteiger charge is -2.27. The van der Waals surface area contributed by atoms with E-state index in [0.717, 1.165) is 35.4 Å². The summed E-state index contributed by atoms with van der Waals surface area (Å²) in [6.45, 7) is 5.40. The first-order chi connectivity index (χ1) is 15.5. The third-order valence-corrected chi connectivity index (χ3v) is 5.17. The lowest BCUT2D eigenvalue weighted by Crippen LogP contribution is -2.45. The maximum Gasteiger partial charge on any atom is 0.322 e. The Morgan fingerprint density at radius 2 is 1.75 bits per heavy atom. The van der Waals surface area contributed by atoms with Gasteiger partial charge in [-0.15, -0.1) is 0 Å². The van der Waals surface area contributed by atoms with Gasteiger partial charge in [-0.3, -0.25) is 4.79 Å². The number of nitrogens with one attached hydrogen (secondary N) is 1. The molecule has 0 aliphatic rings. The quantitative estimate of drug-likeness (QED) is 0.484. The highest BCUT2D eigenvalue weighted by Crippen LogP contribution is 2.12. The molecule has 1 aromatic heterocycles. The van der Waals surface area contributed by atoms with Gasteiger partial charge in [-0.25, -0.2) is 4.79 Å². The van der Waals surface area contributed by atoms with E-state index in [1.165, 1.54) is 0 Å². The van der Waals surface area contributed by atoms with E-state index in [-0.39, 0.29) is 18.5 Å². The molecule has 6 nitrogen and oxygen atoms in total. The van der Waals surface area contributed by atoms with Crippen molar-refractivity contribution in [2.45, 2.75) is 33.2 Å². The second kappa shape index (κ2) is 11.7. The number of benzene rings is 2. The summed E-state index contributed by atoms with van der Waals surface area (Å²) >= 11 is 0. The number of anilines is 1. The molecular formula is C26H31N3O3. The van der Waals surface area contributed by atoms with Crippen molar-refractivity contribution in [3.8, 4) is 0 Å². The second-order valence-electron chi connectivity index (χ2n) is 7.85. The summed E-state index contributed by atoms with van der Waals surface area (Å²) < 4.78 is 5.47. The monoisotopic (exact) mass is 433 g/mol. The molecule has 0 unspecified atom stereocenters. The van der Waals surface area contributed by atoms with Crippen molar-refractivity contribution >= 4 is 17.6 Å². The topological polar surface area (TPSA) is 65.8 Å². The van der Waals surface area contributed by atoms with Crippen LogP contribution in [0.4, 0.5) is 10.5 Å². The zero-order valence-electron chi connectivity index (χ0n) is 18.8. The Kier molecular flexibility index (Phi) is 8.49. The van der Waals surface area contributed by atoms with Crippen LogP contribution in [0.1, 0.15) is 30.2 Å². The smallest absolute Gasteiger partial charge is 0.322 e. The van der Waals surface area contributed by atoms with Gasteiger partial charge >= 0.3 is 6.03 Å². The fraction of sp³-hybridized carbons (Fsp3) is 0.308. The van der Waals surface area contributed by atoms with Gasteiger partial charge in [0.05, 0.1) is 12.8 Å². The second-order valence-corrected chi connectivity index (χ2v) is 7.85. The Balaban J connectivity index is 1.68. The first kappa shape index (κ1) is 23.1. The van der Waals surface area contributed by atoms with E-state index in [1.54, 1.807) is 16.1 Å². The Morgan fingerprint density at radius 1 is 0.938 bits per heavy atom. The predicted octanol–water partition coefficient (Wildman–Crippen LogP) is 5.10. The predicted molar refractivity (Wildman–Crippen MR) is 126 cm³/mol. The molecule has 0 atom stereocenters. The van der Waals surface area contributed by atoms with E-state index < -0.39 is 0 Å². The molecule has 0 fully saturated rings. The number of carbonyl (C=O) groups is 2. The molecule has 0 spiro atoms. The summed E-state index contributed by atoms with van der Waals surface area (Å²) in [5.74, 6) is 0.614. The third kappa shape index (κ3) is 7.01. The van der Waals surface area contributed by atoms with Crippen molar-refractivity contribution in [3.05, 3.63) is 89.9 Å². The van der Waals surface area contributed by atoms with Crippen molar-refractivity contribution in [2.24, 2.45) is 0 Å². The molecule has 6 heteroatoms. The molecule has 32 heavy (non-hydrogen) atoms. The highest BCUT2D eigenvalue weighted by atomic mass is 16.3. The molecule has 2 aromatic carbocycles. The Bertz CT molecular complexity index is 987. The number of nitrogens with zero attached hydrogens (tertiary/aromatic N) is 2. The normalized spacial score (nSPS) is 10.6. The zero-order chi connectivity index (χ0) is 22.8. The summed E-state index contributed by atoms with van der Waals surface area (Å²) in [4.78, 5) is 29.5. The van der Waals surface area contributed by atoms with Crippen molar-refractivity contribution in [2.75, 3.05) is 25.0 Å². The largest absolute Gasteiger partial charge is 0.467 e. The fourth-order valence-corrected chi connectivity index (χ4v) is 3.50. The highest BCUT2D eigenvalue weighted by molar-refractivity contribution is 5.92. The maximum atomic E-state index is 13.2. The van der Waals surface area contributed by atoms with Gasteiger partial charge in [0.15, 0.2) is 0 Å². The molecule has 0 aliphatic carbocycles. The summed E-state index contributed by atoms with van der Waals surface area (Å²) in [6.07, 6.45) is 3.10. The van der Waals surface area contributed by atoms with E-state index in [1.807, 2.05) is 80.6 Å². The Hall–Kier alpha value is -3.54. The van der Waals surface area contributed by atoms with Crippen LogP contribution in [-0.2, 0) is 17.8 Å². The number of furan rings is 1. The first-order valence-corrected chi connectivity index (χ1v) is 11.0. The molecule has 1 heterocycles. The molecular weight excluding hydrogens is 402 g/mol. The van der Waals surface area contributed by atoms with Crippen molar-refractivity contribution in [3.63, 3.8) is 0 Å². The molecule has 1 N–H and O–H groups in total. The summed E-state index contributed by atoms with van der Waals surface area (Å²) in [6, 6.07) is 21.1. The number of aryl methyl sites for hydroxylation is 1. The van der Waals surface area contributed by atoms with Crippen LogP contribution in [0.3, 0.4) is 0 Å². The Labute approximate surface area is 189 Å². The highest BCUT2D eigenvalue weighted by Gasteiger charge is 2.22. The lowest BCUT2D eigenvalue weighted by atomic mass is 10.1. The van der Waals surface area contributed by atoms with Gasteiger partial charge in [-0.1, -0.05) is 49.4 Å². The fourth-order valence-electron chi connectivity index (χ4n) is 3.50. The maximum absolute atomic E-state index is 13.2. The van der Waals surface area contributed by atoms with E-state index in [0.29, 0.717) is 19.6 Å². The lowest BCUT2D eigenvalue weighted by molar-refractivity contribution is -0.132. The summed E-state index contributed by atoms with van der Waals surface area (Å²) in [7, 11) is 0. The molecule has 3 rings (SSSR count). The number of carbonyl (C=O) groups excluding carboxylic acids is 2. The SMILES string of the molecule is CCCN(CC(=O)N(CCc1ccccc1)Cc1ccco1)C(=O)Nc1cccc(C)c1. The van der Waals surface area contributed by atoms with Crippen LogP contribution in [0.15, 0.2) is 77.4 Å². The molecule has 3 amide bonds. The zero-order valence-corrected chi connectivity index (χ0v) is 18.8. The van der Waals surface area contributed by atoms with E-state index in [4.69, 9.17) is 4.42 Å². The van der Waals surface area contributed by atoms with Crippen LogP contribution < -0.4 is 5.32 Å². The number of hydrogen-bond donors (Lipinski definition) is 1. The summed E-state index contributed by atoms with van der Waals surface area (Å²) in [5, 5.41) is 2.91. The number of hydrogen-bond acceptors (Lipinski definition) is 3. The van der Waals surface area contributed by atoms with Crippen molar-refractivity contribution in [1.82, 2.24) is 9.80 Å². The van der Waals surface area contributed by atoms with Gasteiger partial charge < -0.3 is 19.5 Å². The minimum Gasteiger partial charge on any atom is -0.467 e. The van der Waals surface area contributed by atoms with E-state index >= 15 is 0 Å². The third-order valence-electron chi connectivity index (χ3n) is 5.17. The van der Waals surface area contributed by atoms with Gasteiger partial charge in [0.25, 0.3) is 0 Å². The number of amides is 3. The van der Waals surface area contributed by atoms with Gasteiger partial charge in [0.1, 0.15) is 12.3 Å². The summed E-state index contributed by atoms with van der Waals surface area (Å²) in [5.41, 5.74) is 2.94. The average molecular weight is 434 g/mol. The average Bonchev–Trinajstić information content (AvgIpc) is 3.30. The van der Waals surface area contributed by atoms with Crippen LogP contribution in [0.2, 0.25) is 0 Å². The molecule has 0 saturated heterocycles. The van der Waals surface area contributed by atoms with Crippen LogP contribution in [0.5, 0.6) is 0 Å². The minimum atomic E-state index is -0.271. The molecule has 168 valence electrons. The number of urea groups is 1. The molecule has 0 aliphatic heterocycles. The molecule has 0 bridgehead atoms. The Morgan fingerprint density at radius 3 is 2.44 bits per heavy atom. The standard InChI is InChI=1S/C26H31N3O3/c1-3-15-29(26(31)27-23-12-7-9-21(2)18-23)20-25(30)28(19-24-13-8-17-32-24)16-14-22-10-5-4-6-11-22/h4-13,17-18H,3,14-16,19-20H2,1-2H3,(H,27,31). The van der Waals surface area contributed by atoms with E-state index in [9.17, 15) is 9.59 Å². The van der Waals surface area contributed by atoms with E-state index in [2.05, 4.69) is 5.32 Å². The van der Waals surface area contributed by atoms with Gasteiger partial charge in [0, 0.05) is 18.8 Å². The minimum absolute atomic E-state index is 0.0149. The van der Waals surface area contributed by atoms with Gasteiger partial charge in [-0.05, 0) is 55.2 Å². The van der Waals surface area contributed by atoms with Crippen molar-refractivity contribution < 1.29 is 14.0 Å². The van der Waals surface area contributed by atoms with Crippen LogP contribution in [-0.4, -0.2) is 41.4 Å². The molecule has 0 radical (unpaired) electrons. The molecule has 0 saturated carbocycles. The van der Waals surface area contributed by atoms with Gasteiger partial charge in [0.2, 0.25) is 5.91 Å². The molecule has 3 aromatic rings. The van der Waals surface area contributed by atoms with Crippen LogP contribution in [0.25, 0.3) is 0 Å². The van der Waals surface area contributed by atoms with Crippen LogP contribution in [0, 0.1) is 6.92 Å². The number of rotatable bonds is 10. The van der Waals surface area contributed by atoms with Crippen molar-refractivity contribution in [1.29, 1.82) is 0 Å². The first-order valence-electron chi connectivity index (χ1n) is 11.0. The van der Waals surface area contributed by atoms with Gasteiger partial charge in [-0.2, -0.15) is 0 Å².